The van der Waals surface area contributed by atoms with E-state index in [2.05, 4.69) is 0 Å². The van der Waals surface area contributed by atoms with Crippen LogP contribution in [0, 0.1) is 11.3 Å². The maximum Gasteiger partial charge on any atom is 0.251 e. The quantitative estimate of drug-likeness (QED) is 0.796. The van der Waals surface area contributed by atoms with Crippen molar-refractivity contribution in [1.29, 1.82) is 5.26 Å². The third kappa shape index (κ3) is 3.15. The first-order chi connectivity index (χ1) is 11.5. The Hall–Kier alpha value is -1.95. The van der Waals surface area contributed by atoms with Gasteiger partial charge in [0.15, 0.2) is 0 Å². The zero-order chi connectivity index (χ0) is 17.2. The fourth-order valence-corrected chi connectivity index (χ4v) is 4.61. The second kappa shape index (κ2) is 6.89. The molecule has 0 aliphatic carbocycles. The molecule has 0 radical (unpaired) electrons. The number of nitrogens with zero attached hydrogens (tertiary/aromatic N) is 3. The van der Waals surface area contributed by atoms with Crippen molar-refractivity contribution in [3.63, 3.8) is 0 Å². The molecule has 1 amide bonds. The number of hydrogen-bond donors (Lipinski definition) is 0. The molecule has 1 atom stereocenters. The second-order valence-electron chi connectivity index (χ2n) is 5.84. The monoisotopic (exact) mass is 349 g/mol. The van der Waals surface area contributed by atoms with E-state index in [-0.39, 0.29) is 35.6 Å². The molecule has 0 unspecified atom stereocenters. The number of ether oxygens (including phenoxy) is 1. The SMILES string of the molecule is N#Cc1ccccc1S(=O)(=O)N1CCN(C(=O)[C@H]2CCCO2)CC1. The molecule has 0 aromatic heterocycles. The van der Waals surface area contributed by atoms with Gasteiger partial charge in [0.1, 0.15) is 12.2 Å². The van der Waals surface area contributed by atoms with Crippen LogP contribution >= 0.6 is 0 Å². The van der Waals surface area contributed by atoms with Gasteiger partial charge in [-0.2, -0.15) is 9.57 Å². The van der Waals surface area contributed by atoms with Crippen LogP contribution in [0.3, 0.4) is 0 Å². The number of benzene rings is 1. The number of piperazine rings is 1. The minimum absolute atomic E-state index is 0.0198. The van der Waals surface area contributed by atoms with Crippen LogP contribution < -0.4 is 0 Å². The Bertz CT molecular complexity index is 758. The molecule has 7 nitrogen and oxygen atoms in total. The van der Waals surface area contributed by atoms with Gasteiger partial charge in [-0.25, -0.2) is 8.42 Å². The lowest BCUT2D eigenvalue weighted by atomic mass is 10.2. The van der Waals surface area contributed by atoms with Gasteiger partial charge in [0.2, 0.25) is 10.0 Å². The van der Waals surface area contributed by atoms with E-state index in [0.29, 0.717) is 19.7 Å². The maximum absolute atomic E-state index is 12.7. The Balaban J connectivity index is 1.70. The first-order valence-corrected chi connectivity index (χ1v) is 9.37. The van der Waals surface area contributed by atoms with Crippen molar-refractivity contribution < 1.29 is 17.9 Å². The Labute approximate surface area is 141 Å². The zero-order valence-corrected chi connectivity index (χ0v) is 14.0. The molecule has 2 fully saturated rings. The molecule has 2 saturated heterocycles. The van der Waals surface area contributed by atoms with E-state index < -0.39 is 10.0 Å². The molecule has 2 aliphatic heterocycles. The summed E-state index contributed by atoms with van der Waals surface area (Å²) in [4.78, 5) is 14.0. The van der Waals surface area contributed by atoms with E-state index in [0.717, 1.165) is 12.8 Å². The van der Waals surface area contributed by atoms with Gasteiger partial charge in [0, 0.05) is 32.8 Å². The number of carbonyl (C=O) groups excluding carboxylic acids is 1. The van der Waals surface area contributed by atoms with Crippen LogP contribution in [-0.4, -0.2) is 62.4 Å². The lowest BCUT2D eigenvalue weighted by Crippen LogP contribution is -2.52. The number of carbonyl (C=O) groups is 1. The second-order valence-corrected chi connectivity index (χ2v) is 7.75. The van der Waals surface area contributed by atoms with Crippen molar-refractivity contribution in [3.05, 3.63) is 29.8 Å². The average Bonchev–Trinajstić information content (AvgIpc) is 3.15. The molecule has 8 heteroatoms. The number of sulfonamides is 1. The molecular formula is C16H19N3O4S. The number of rotatable bonds is 3. The Morgan fingerprint density at radius 3 is 2.54 bits per heavy atom. The van der Waals surface area contributed by atoms with Crippen LogP contribution in [-0.2, 0) is 19.6 Å². The van der Waals surface area contributed by atoms with E-state index in [1.165, 1.54) is 16.4 Å². The lowest BCUT2D eigenvalue weighted by molar-refractivity contribution is -0.142. The third-order valence-corrected chi connectivity index (χ3v) is 6.34. The lowest BCUT2D eigenvalue weighted by Gasteiger charge is -2.35. The van der Waals surface area contributed by atoms with Crippen molar-refractivity contribution in [2.24, 2.45) is 0 Å². The van der Waals surface area contributed by atoms with E-state index in [1.807, 2.05) is 6.07 Å². The topological polar surface area (TPSA) is 90.7 Å². The molecule has 0 N–H and O–H groups in total. The van der Waals surface area contributed by atoms with Crippen molar-refractivity contribution in [2.75, 3.05) is 32.8 Å². The van der Waals surface area contributed by atoms with Gasteiger partial charge in [-0.3, -0.25) is 4.79 Å². The fraction of sp³-hybridized carbons (Fsp3) is 0.500. The van der Waals surface area contributed by atoms with Crippen molar-refractivity contribution in [3.8, 4) is 6.07 Å². The van der Waals surface area contributed by atoms with E-state index in [9.17, 15) is 13.2 Å². The van der Waals surface area contributed by atoms with Crippen molar-refractivity contribution in [1.82, 2.24) is 9.21 Å². The molecule has 1 aromatic rings. The number of amides is 1. The summed E-state index contributed by atoms with van der Waals surface area (Å²) in [6.07, 6.45) is 1.23. The van der Waals surface area contributed by atoms with Gasteiger partial charge in [0.05, 0.1) is 10.5 Å². The van der Waals surface area contributed by atoms with Crippen LogP contribution in [0.25, 0.3) is 0 Å². The fourth-order valence-electron chi connectivity index (χ4n) is 3.05. The van der Waals surface area contributed by atoms with E-state index in [4.69, 9.17) is 10.00 Å². The summed E-state index contributed by atoms with van der Waals surface area (Å²) in [7, 11) is -3.73. The summed E-state index contributed by atoms with van der Waals surface area (Å²) in [6.45, 7) is 1.73. The van der Waals surface area contributed by atoms with Crippen molar-refractivity contribution >= 4 is 15.9 Å². The van der Waals surface area contributed by atoms with Gasteiger partial charge in [0.25, 0.3) is 5.91 Å². The van der Waals surface area contributed by atoms with Gasteiger partial charge in [-0.05, 0) is 25.0 Å². The van der Waals surface area contributed by atoms with E-state index >= 15 is 0 Å². The first kappa shape index (κ1) is 16.9. The molecule has 0 bridgehead atoms. The maximum atomic E-state index is 12.7. The molecule has 0 saturated carbocycles. The van der Waals surface area contributed by atoms with Gasteiger partial charge >= 0.3 is 0 Å². The van der Waals surface area contributed by atoms with E-state index in [1.54, 1.807) is 17.0 Å². The Morgan fingerprint density at radius 2 is 1.92 bits per heavy atom. The molecule has 128 valence electrons. The highest BCUT2D eigenvalue weighted by Crippen LogP contribution is 2.22. The minimum atomic E-state index is -3.73. The Morgan fingerprint density at radius 1 is 1.21 bits per heavy atom. The highest BCUT2D eigenvalue weighted by molar-refractivity contribution is 7.89. The van der Waals surface area contributed by atoms with Crippen LogP contribution in [0.2, 0.25) is 0 Å². The Kier molecular flexibility index (Phi) is 4.85. The normalized spacial score (nSPS) is 22.3. The molecule has 2 aliphatic rings. The minimum Gasteiger partial charge on any atom is -0.368 e. The largest absolute Gasteiger partial charge is 0.368 e. The molecule has 24 heavy (non-hydrogen) atoms. The molecule has 1 aromatic carbocycles. The third-order valence-electron chi connectivity index (χ3n) is 4.38. The number of hydrogen-bond acceptors (Lipinski definition) is 5. The molecule has 0 spiro atoms. The van der Waals surface area contributed by atoms with Crippen LogP contribution in [0.5, 0.6) is 0 Å². The standard InChI is InChI=1S/C16H19N3O4S/c17-12-13-4-1-2-6-15(13)24(21,22)19-9-7-18(8-10-19)16(20)14-5-3-11-23-14/h1-2,4,6,14H,3,5,7-11H2/t14-/m1/s1. The summed E-state index contributed by atoms with van der Waals surface area (Å²) in [5, 5.41) is 9.12. The first-order valence-electron chi connectivity index (χ1n) is 7.93. The number of nitriles is 1. The summed E-state index contributed by atoms with van der Waals surface area (Å²) >= 11 is 0. The summed E-state index contributed by atoms with van der Waals surface area (Å²) in [5.74, 6) is -0.0537. The van der Waals surface area contributed by atoms with Gasteiger partial charge in [-0.1, -0.05) is 12.1 Å². The molecule has 3 rings (SSSR count). The summed E-state index contributed by atoms with van der Waals surface area (Å²) in [6, 6.07) is 8.09. The smallest absolute Gasteiger partial charge is 0.251 e. The summed E-state index contributed by atoms with van der Waals surface area (Å²) < 4.78 is 32.2. The van der Waals surface area contributed by atoms with Crippen LogP contribution in [0.15, 0.2) is 29.2 Å². The predicted octanol–water partition coefficient (Wildman–Crippen LogP) is 0.570. The highest BCUT2D eigenvalue weighted by Gasteiger charge is 2.34. The predicted molar refractivity (Wildman–Crippen MR) is 85.5 cm³/mol. The summed E-state index contributed by atoms with van der Waals surface area (Å²) in [5.41, 5.74) is 0.135. The van der Waals surface area contributed by atoms with Gasteiger partial charge in [-0.15, -0.1) is 0 Å². The zero-order valence-electron chi connectivity index (χ0n) is 13.2. The molecule has 2 heterocycles. The van der Waals surface area contributed by atoms with Crippen molar-refractivity contribution in [2.45, 2.75) is 23.8 Å². The molecular weight excluding hydrogens is 330 g/mol. The highest BCUT2D eigenvalue weighted by atomic mass is 32.2. The van der Waals surface area contributed by atoms with Crippen LogP contribution in [0.4, 0.5) is 0 Å². The van der Waals surface area contributed by atoms with Crippen LogP contribution in [0.1, 0.15) is 18.4 Å². The average molecular weight is 349 g/mol. The van der Waals surface area contributed by atoms with Gasteiger partial charge < -0.3 is 9.64 Å².